The van der Waals surface area contributed by atoms with Gasteiger partial charge in [0.05, 0.1) is 11.8 Å². The van der Waals surface area contributed by atoms with Crippen LogP contribution in [0.1, 0.15) is 72.6 Å². The molecule has 0 aromatic rings. The van der Waals surface area contributed by atoms with Crippen LogP contribution in [-0.4, -0.2) is 22.6 Å². The minimum Gasteiger partial charge on any atom is -0.481 e. The smallest absolute Gasteiger partial charge is 0.309 e. The second-order valence-corrected chi connectivity index (χ2v) is 7.35. The topological polar surface area (TPSA) is 63.6 Å². The number of hydrogen-bond donors (Lipinski definition) is 1. The van der Waals surface area contributed by atoms with Crippen LogP contribution in [0, 0.1) is 17.8 Å². The van der Waals surface area contributed by atoms with Crippen LogP contribution in [0.25, 0.3) is 0 Å². The van der Waals surface area contributed by atoms with Gasteiger partial charge in [0.25, 0.3) is 0 Å². The van der Waals surface area contributed by atoms with E-state index in [0.29, 0.717) is 31.6 Å². The van der Waals surface area contributed by atoms with Crippen molar-refractivity contribution in [1.82, 2.24) is 0 Å². The maximum Gasteiger partial charge on any atom is 0.309 e. The quantitative estimate of drug-likeness (QED) is 0.721. The molecule has 0 radical (unpaired) electrons. The van der Waals surface area contributed by atoms with E-state index < -0.39 is 11.6 Å². The minimum atomic E-state index is -0.740. The third-order valence-electron chi connectivity index (χ3n) is 4.35. The molecule has 1 aliphatic rings. The molecular formula is C17H30O4. The highest BCUT2D eigenvalue weighted by Crippen LogP contribution is 2.31. The van der Waals surface area contributed by atoms with Crippen LogP contribution in [0.2, 0.25) is 0 Å². The Morgan fingerprint density at radius 2 is 1.67 bits per heavy atom. The summed E-state index contributed by atoms with van der Waals surface area (Å²) in [6, 6.07) is 0. The summed E-state index contributed by atoms with van der Waals surface area (Å²) in [4.78, 5) is 23.1. The lowest BCUT2D eigenvalue weighted by atomic mass is 9.82. The average Bonchev–Trinajstić information content (AvgIpc) is 2.37. The summed E-state index contributed by atoms with van der Waals surface area (Å²) in [7, 11) is 0. The predicted octanol–water partition coefficient (Wildman–Crippen LogP) is 4.03. The number of carboxylic acid groups (broad SMARTS) is 1. The highest BCUT2D eigenvalue weighted by molar-refractivity contribution is 5.74. The molecule has 0 aromatic carbocycles. The molecule has 4 heteroatoms. The van der Waals surface area contributed by atoms with Gasteiger partial charge in [-0.2, -0.15) is 0 Å². The van der Waals surface area contributed by atoms with Gasteiger partial charge in [-0.25, -0.2) is 0 Å². The molecule has 0 spiro atoms. The van der Waals surface area contributed by atoms with Crippen LogP contribution in [0.3, 0.4) is 0 Å². The molecule has 4 nitrogen and oxygen atoms in total. The van der Waals surface area contributed by atoms with Gasteiger partial charge >= 0.3 is 11.9 Å². The fourth-order valence-electron chi connectivity index (χ4n) is 2.92. The Kier molecular flexibility index (Phi) is 6.69. The van der Waals surface area contributed by atoms with E-state index >= 15 is 0 Å². The number of esters is 1. The molecule has 21 heavy (non-hydrogen) atoms. The van der Waals surface area contributed by atoms with Crippen molar-refractivity contribution >= 4 is 11.9 Å². The van der Waals surface area contributed by atoms with E-state index in [1.807, 2.05) is 13.8 Å². The van der Waals surface area contributed by atoms with E-state index in [9.17, 15) is 9.59 Å². The first-order valence-electron chi connectivity index (χ1n) is 8.17. The van der Waals surface area contributed by atoms with Gasteiger partial charge in [-0.15, -0.1) is 0 Å². The maximum absolute atomic E-state index is 12.2. The number of carboxylic acids is 1. The summed E-state index contributed by atoms with van der Waals surface area (Å²) in [6.07, 6.45) is 5.53. The van der Waals surface area contributed by atoms with Crippen LogP contribution < -0.4 is 0 Å². The Labute approximate surface area is 128 Å². The first kappa shape index (κ1) is 18.0. The van der Waals surface area contributed by atoms with Crippen molar-refractivity contribution in [3.63, 3.8) is 0 Å². The summed E-state index contributed by atoms with van der Waals surface area (Å²) < 4.78 is 5.67. The zero-order chi connectivity index (χ0) is 16.0. The summed E-state index contributed by atoms with van der Waals surface area (Å²) in [5.41, 5.74) is -0.421. The van der Waals surface area contributed by atoms with E-state index in [-0.39, 0.29) is 17.8 Å². The number of ether oxygens (including phenoxy) is 1. The molecule has 1 fully saturated rings. The second-order valence-electron chi connectivity index (χ2n) is 7.35. The highest BCUT2D eigenvalue weighted by atomic mass is 16.6. The number of carbonyl (C=O) groups excluding carboxylic acids is 1. The van der Waals surface area contributed by atoms with Crippen LogP contribution in [-0.2, 0) is 14.3 Å². The molecule has 0 amide bonds. The van der Waals surface area contributed by atoms with Crippen molar-refractivity contribution < 1.29 is 19.4 Å². The van der Waals surface area contributed by atoms with Crippen molar-refractivity contribution in [2.24, 2.45) is 17.8 Å². The number of rotatable bonds is 7. The van der Waals surface area contributed by atoms with Crippen molar-refractivity contribution in [2.75, 3.05) is 0 Å². The van der Waals surface area contributed by atoms with Gasteiger partial charge in [-0.05, 0) is 58.3 Å². The van der Waals surface area contributed by atoms with Gasteiger partial charge in [0.2, 0.25) is 0 Å². The molecule has 1 aliphatic carbocycles. The van der Waals surface area contributed by atoms with Crippen molar-refractivity contribution in [3.05, 3.63) is 0 Å². The summed E-state index contributed by atoms with van der Waals surface area (Å²) in [5.74, 6) is -0.620. The Morgan fingerprint density at radius 3 is 2.14 bits per heavy atom. The molecule has 0 aliphatic heterocycles. The molecule has 0 unspecified atom stereocenters. The lowest BCUT2D eigenvalue weighted by Crippen LogP contribution is -2.34. The average molecular weight is 298 g/mol. The molecular weight excluding hydrogens is 268 g/mol. The van der Waals surface area contributed by atoms with Crippen LogP contribution in [0.4, 0.5) is 0 Å². The van der Waals surface area contributed by atoms with Crippen molar-refractivity contribution in [3.8, 4) is 0 Å². The van der Waals surface area contributed by atoms with Crippen LogP contribution >= 0.6 is 0 Å². The Morgan fingerprint density at radius 1 is 1.14 bits per heavy atom. The number of aliphatic carboxylic acids is 1. The highest BCUT2D eigenvalue weighted by Gasteiger charge is 2.33. The SMILES string of the molecule is CC(C)CCCC(C)(C)OC(=O)C1CCC(C(=O)O)CC1. The molecule has 0 aromatic heterocycles. The Hall–Kier alpha value is -1.06. The molecule has 1 saturated carbocycles. The fraction of sp³-hybridized carbons (Fsp3) is 0.882. The lowest BCUT2D eigenvalue weighted by molar-refractivity contribution is -0.165. The molecule has 0 saturated heterocycles. The molecule has 122 valence electrons. The molecule has 1 rings (SSSR count). The normalized spacial score (nSPS) is 23.1. The van der Waals surface area contributed by atoms with Crippen LogP contribution in [0.15, 0.2) is 0 Å². The van der Waals surface area contributed by atoms with E-state index in [0.717, 1.165) is 19.3 Å². The first-order valence-corrected chi connectivity index (χ1v) is 8.17. The summed E-state index contributed by atoms with van der Waals surface area (Å²) >= 11 is 0. The van der Waals surface area contributed by atoms with Gasteiger partial charge in [-0.1, -0.05) is 20.3 Å². The Balaban J connectivity index is 2.37. The van der Waals surface area contributed by atoms with Gasteiger partial charge < -0.3 is 9.84 Å². The van der Waals surface area contributed by atoms with Crippen molar-refractivity contribution in [2.45, 2.75) is 78.2 Å². The minimum absolute atomic E-state index is 0.120. The van der Waals surface area contributed by atoms with E-state index in [4.69, 9.17) is 9.84 Å². The van der Waals surface area contributed by atoms with E-state index in [2.05, 4.69) is 13.8 Å². The monoisotopic (exact) mass is 298 g/mol. The molecule has 0 atom stereocenters. The van der Waals surface area contributed by atoms with Gasteiger partial charge in [0.1, 0.15) is 5.60 Å². The summed E-state index contributed by atoms with van der Waals surface area (Å²) in [5, 5.41) is 8.98. The van der Waals surface area contributed by atoms with Gasteiger partial charge in [0.15, 0.2) is 0 Å². The fourth-order valence-corrected chi connectivity index (χ4v) is 2.92. The third-order valence-corrected chi connectivity index (χ3v) is 4.35. The third kappa shape index (κ3) is 6.49. The zero-order valence-electron chi connectivity index (χ0n) is 13.9. The van der Waals surface area contributed by atoms with Crippen molar-refractivity contribution in [1.29, 1.82) is 0 Å². The standard InChI is InChI=1S/C17H30O4/c1-12(2)6-5-11-17(3,4)21-16(20)14-9-7-13(8-10-14)15(18)19/h12-14H,5-11H2,1-4H3,(H,18,19). The zero-order valence-corrected chi connectivity index (χ0v) is 13.9. The van der Waals surface area contributed by atoms with Gasteiger partial charge in [0, 0.05) is 0 Å². The van der Waals surface area contributed by atoms with E-state index in [1.54, 1.807) is 0 Å². The predicted molar refractivity (Wildman–Crippen MR) is 81.9 cm³/mol. The maximum atomic E-state index is 12.2. The number of hydrogen-bond acceptors (Lipinski definition) is 3. The van der Waals surface area contributed by atoms with E-state index in [1.165, 1.54) is 0 Å². The summed E-state index contributed by atoms with van der Waals surface area (Å²) in [6.45, 7) is 8.32. The second kappa shape index (κ2) is 7.81. The molecule has 0 bridgehead atoms. The molecule has 0 heterocycles. The Bertz CT molecular complexity index is 352. The lowest BCUT2D eigenvalue weighted by Gasteiger charge is -2.30. The van der Waals surface area contributed by atoms with Gasteiger partial charge in [-0.3, -0.25) is 9.59 Å². The largest absolute Gasteiger partial charge is 0.481 e. The number of carbonyl (C=O) groups is 2. The molecule has 1 N–H and O–H groups in total. The first-order chi connectivity index (χ1) is 9.71. The van der Waals surface area contributed by atoms with Crippen LogP contribution in [0.5, 0.6) is 0 Å².